The van der Waals surface area contributed by atoms with Gasteiger partial charge in [0.1, 0.15) is 5.15 Å². The summed E-state index contributed by atoms with van der Waals surface area (Å²) in [4.78, 5) is 15.5. The van der Waals surface area contributed by atoms with Crippen LogP contribution in [0, 0.1) is 13.8 Å². The summed E-state index contributed by atoms with van der Waals surface area (Å²) in [5.74, 6) is 0. The quantitative estimate of drug-likeness (QED) is 0.797. The first-order chi connectivity index (χ1) is 7.99. The average Bonchev–Trinajstić information content (AvgIpc) is 2.27. The van der Waals surface area contributed by atoms with Gasteiger partial charge < -0.3 is 0 Å². The maximum atomic E-state index is 11.8. The van der Waals surface area contributed by atoms with Crippen molar-refractivity contribution in [2.75, 3.05) is 0 Å². The molecule has 0 spiro atoms. The number of aromatic nitrogens is 2. The first kappa shape index (κ1) is 12.1. The Morgan fingerprint density at radius 2 is 1.88 bits per heavy atom. The van der Waals surface area contributed by atoms with Gasteiger partial charge in [0.05, 0.1) is 6.20 Å². The molecule has 5 heteroatoms. The fraction of sp³-hybridized carbons (Fsp3) is 0.167. The molecule has 0 radical (unpaired) electrons. The van der Waals surface area contributed by atoms with Gasteiger partial charge in [0.15, 0.2) is 5.15 Å². The van der Waals surface area contributed by atoms with Gasteiger partial charge in [-0.15, -0.1) is 0 Å². The molecule has 1 aromatic heterocycles. The second-order valence-electron chi connectivity index (χ2n) is 3.80. The van der Waals surface area contributed by atoms with Crippen LogP contribution in [-0.4, -0.2) is 9.55 Å². The molecule has 0 aliphatic heterocycles. The predicted molar refractivity (Wildman–Crippen MR) is 69.3 cm³/mol. The van der Waals surface area contributed by atoms with E-state index in [9.17, 15) is 4.79 Å². The lowest BCUT2D eigenvalue weighted by atomic mass is 10.1. The Balaban J connectivity index is 2.68. The summed E-state index contributed by atoms with van der Waals surface area (Å²) in [7, 11) is 0. The molecule has 0 N–H and O–H groups in total. The lowest BCUT2D eigenvalue weighted by Gasteiger charge is -2.08. The maximum absolute atomic E-state index is 11.8. The summed E-state index contributed by atoms with van der Waals surface area (Å²) in [5.41, 5.74) is 2.61. The Morgan fingerprint density at radius 3 is 2.53 bits per heavy atom. The van der Waals surface area contributed by atoms with Crippen molar-refractivity contribution in [3.05, 3.63) is 56.2 Å². The second-order valence-corrected chi connectivity index (χ2v) is 4.54. The van der Waals surface area contributed by atoms with Crippen molar-refractivity contribution in [3.63, 3.8) is 0 Å². The molecule has 88 valence electrons. The minimum Gasteiger partial charge on any atom is -0.279 e. The highest BCUT2D eigenvalue weighted by atomic mass is 35.5. The fourth-order valence-electron chi connectivity index (χ4n) is 1.50. The molecule has 0 unspecified atom stereocenters. The lowest BCUT2D eigenvalue weighted by molar-refractivity contribution is 0.954. The van der Waals surface area contributed by atoms with Gasteiger partial charge in [-0.3, -0.25) is 9.36 Å². The standard InChI is InChI=1S/C12H10Cl2N2O/c1-7-3-4-9(5-8(7)2)16-6-10(13)15-11(14)12(16)17/h3-6H,1-2H3. The van der Waals surface area contributed by atoms with Crippen LogP contribution in [0.4, 0.5) is 0 Å². The van der Waals surface area contributed by atoms with Crippen molar-refractivity contribution in [1.82, 2.24) is 9.55 Å². The van der Waals surface area contributed by atoms with Gasteiger partial charge in [-0.1, -0.05) is 29.3 Å². The Labute approximate surface area is 109 Å². The molecule has 0 aliphatic carbocycles. The third-order valence-electron chi connectivity index (χ3n) is 2.60. The molecule has 3 nitrogen and oxygen atoms in total. The zero-order chi connectivity index (χ0) is 12.6. The topological polar surface area (TPSA) is 34.9 Å². The molecule has 0 fully saturated rings. The first-order valence-electron chi connectivity index (χ1n) is 5.01. The van der Waals surface area contributed by atoms with E-state index < -0.39 is 0 Å². The molecular weight excluding hydrogens is 259 g/mol. The summed E-state index contributed by atoms with van der Waals surface area (Å²) < 4.78 is 1.39. The highest BCUT2D eigenvalue weighted by Gasteiger charge is 2.07. The average molecular weight is 269 g/mol. The molecule has 2 rings (SSSR count). The number of benzene rings is 1. The Hall–Kier alpha value is -1.32. The molecule has 0 saturated carbocycles. The number of rotatable bonds is 1. The largest absolute Gasteiger partial charge is 0.292 e. The van der Waals surface area contributed by atoms with Crippen LogP contribution in [-0.2, 0) is 0 Å². The van der Waals surface area contributed by atoms with Crippen molar-refractivity contribution < 1.29 is 0 Å². The predicted octanol–water partition coefficient (Wildman–Crippen LogP) is 3.16. The molecular formula is C12H10Cl2N2O. The number of nitrogens with zero attached hydrogens (tertiary/aromatic N) is 2. The van der Waals surface area contributed by atoms with Gasteiger partial charge in [-0.2, -0.15) is 0 Å². The lowest BCUT2D eigenvalue weighted by Crippen LogP contribution is -2.19. The third kappa shape index (κ3) is 2.35. The van der Waals surface area contributed by atoms with Gasteiger partial charge >= 0.3 is 0 Å². The minimum absolute atomic E-state index is 0.129. The third-order valence-corrected chi connectivity index (χ3v) is 3.03. The van der Waals surface area contributed by atoms with Crippen LogP contribution in [0.25, 0.3) is 5.69 Å². The SMILES string of the molecule is Cc1ccc(-n2cc(Cl)nc(Cl)c2=O)cc1C. The van der Waals surface area contributed by atoms with Crippen LogP contribution in [0.1, 0.15) is 11.1 Å². The van der Waals surface area contributed by atoms with E-state index in [2.05, 4.69) is 4.98 Å². The molecule has 17 heavy (non-hydrogen) atoms. The van der Waals surface area contributed by atoms with Gasteiger partial charge in [-0.05, 0) is 37.1 Å². The van der Waals surface area contributed by atoms with Crippen LogP contribution >= 0.6 is 23.2 Å². The Morgan fingerprint density at radius 1 is 1.18 bits per heavy atom. The summed E-state index contributed by atoms with van der Waals surface area (Å²) in [6.45, 7) is 3.99. The Bertz CT molecular complexity index is 635. The smallest absolute Gasteiger partial charge is 0.279 e. The zero-order valence-electron chi connectivity index (χ0n) is 9.37. The van der Waals surface area contributed by atoms with Gasteiger partial charge in [0.25, 0.3) is 5.56 Å². The van der Waals surface area contributed by atoms with E-state index in [1.54, 1.807) is 0 Å². The van der Waals surface area contributed by atoms with E-state index in [1.165, 1.54) is 10.8 Å². The van der Waals surface area contributed by atoms with Crippen LogP contribution < -0.4 is 5.56 Å². The van der Waals surface area contributed by atoms with E-state index in [0.29, 0.717) is 0 Å². The highest BCUT2D eigenvalue weighted by molar-refractivity contribution is 6.32. The van der Waals surface area contributed by atoms with E-state index in [4.69, 9.17) is 23.2 Å². The number of hydrogen-bond acceptors (Lipinski definition) is 2. The van der Waals surface area contributed by atoms with Crippen LogP contribution in [0.15, 0.2) is 29.2 Å². The van der Waals surface area contributed by atoms with Crippen molar-refractivity contribution in [2.24, 2.45) is 0 Å². The summed E-state index contributed by atoms with van der Waals surface area (Å²) in [5, 5.41) is 0.0588. The van der Waals surface area contributed by atoms with Crippen LogP contribution in [0.3, 0.4) is 0 Å². The second kappa shape index (κ2) is 4.51. The molecule has 1 heterocycles. The summed E-state index contributed by atoms with van der Waals surface area (Å²) in [6.07, 6.45) is 1.46. The van der Waals surface area contributed by atoms with E-state index in [-0.39, 0.29) is 15.9 Å². The van der Waals surface area contributed by atoms with Gasteiger partial charge in [-0.25, -0.2) is 4.98 Å². The van der Waals surface area contributed by atoms with Crippen molar-refractivity contribution >= 4 is 23.2 Å². The molecule has 0 bridgehead atoms. The zero-order valence-corrected chi connectivity index (χ0v) is 10.9. The minimum atomic E-state index is -0.376. The monoisotopic (exact) mass is 268 g/mol. The normalized spacial score (nSPS) is 10.6. The molecule has 2 aromatic rings. The van der Waals surface area contributed by atoms with Crippen LogP contribution in [0.5, 0.6) is 0 Å². The van der Waals surface area contributed by atoms with Crippen molar-refractivity contribution in [2.45, 2.75) is 13.8 Å². The number of aryl methyl sites for hydroxylation is 2. The van der Waals surface area contributed by atoms with E-state index >= 15 is 0 Å². The van der Waals surface area contributed by atoms with Crippen LogP contribution in [0.2, 0.25) is 10.3 Å². The highest BCUT2D eigenvalue weighted by Crippen LogP contribution is 2.15. The molecule has 0 amide bonds. The summed E-state index contributed by atoms with van der Waals surface area (Å²) >= 11 is 11.5. The maximum Gasteiger partial charge on any atom is 0.292 e. The molecule has 0 aliphatic rings. The van der Waals surface area contributed by atoms with Gasteiger partial charge in [0.2, 0.25) is 0 Å². The fourth-order valence-corrected chi connectivity index (χ4v) is 1.91. The number of hydrogen-bond donors (Lipinski definition) is 0. The molecule has 1 aromatic carbocycles. The van der Waals surface area contributed by atoms with E-state index in [1.807, 2.05) is 32.0 Å². The van der Waals surface area contributed by atoms with E-state index in [0.717, 1.165) is 16.8 Å². The summed E-state index contributed by atoms with van der Waals surface area (Å²) in [6, 6.07) is 5.69. The Kier molecular flexibility index (Phi) is 3.22. The number of halogens is 2. The first-order valence-corrected chi connectivity index (χ1v) is 5.77. The van der Waals surface area contributed by atoms with Crippen molar-refractivity contribution in [1.29, 1.82) is 0 Å². The molecule has 0 atom stereocenters. The van der Waals surface area contributed by atoms with Crippen molar-refractivity contribution in [3.8, 4) is 5.69 Å². The van der Waals surface area contributed by atoms with Gasteiger partial charge in [0, 0.05) is 5.69 Å². The molecule has 0 saturated heterocycles.